The molecule has 0 fully saturated rings. The first-order valence-corrected chi connectivity index (χ1v) is 10.8. The quantitative estimate of drug-likeness (QED) is 0.461. The van der Waals surface area contributed by atoms with E-state index in [0.29, 0.717) is 35.6 Å². The molecule has 3 rings (SSSR count). The Labute approximate surface area is 182 Å². The van der Waals surface area contributed by atoms with Gasteiger partial charge in [0.05, 0.1) is 16.9 Å². The SMILES string of the molecule is CC(c1nc2ccccc2c(=O)[nH]1)N(CCCCCCN)C(=O)COc1ccccc1. The van der Waals surface area contributed by atoms with E-state index < -0.39 is 6.04 Å². The number of rotatable bonds is 11. The molecule has 31 heavy (non-hydrogen) atoms. The fourth-order valence-electron chi connectivity index (χ4n) is 3.51. The van der Waals surface area contributed by atoms with Crippen molar-refractivity contribution < 1.29 is 9.53 Å². The van der Waals surface area contributed by atoms with Crippen molar-refractivity contribution in [1.82, 2.24) is 14.9 Å². The molecule has 0 aliphatic carbocycles. The highest BCUT2D eigenvalue weighted by molar-refractivity contribution is 5.79. The lowest BCUT2D eigenvalue weighted by Gasteiger charge is -2.29. The average molecular weight is 423 g/mol. The number of H-pyrrole nitrogens is 1. The number of hydrogen-bond donors (Lipinski definition) is 2. The van der Waals surface area contributed by atoms with Crippen LogP contribution in [0.4, 0.5) is 0 Å². The molecule has 0 saturated heterocycles. The molecule has 0 spiro atoms. The second-order valence-corrected chi connectivity index (χ2v) is 7.54. The summed E-state index contributed by atoms with van der Waals surface area (Å²) in [6.45, 7) is 3.04. The van der Waals surface area contributed by atoms with Crippen LogP contribution in [0.5, 0.6) is 5.75 Å². The highest BCUT2D eigenvalue weighted by Gasteiger charge is 2.24. The van der Waals surface area contributed by atoms with Crippen LogP contribution in [-0.2, 0) is 4.79 Å². The Morgan fingerprint density at radius 2 is 1.77 bits per heavy atom. The number of amides is 1. The highest BCUT2D eigenvalue weighted by atomic mass is 16.5. The predicted octanol–water partition coefficient (Wildman–Crippen LogP) is 3.41. The maximum atomic E-state index is 13.1. The topological polar surface area (TPSA) is 101 Å². The monoisotopic (exact) mass is 422 g/mol. The molecule has 0 aliphatic heterocycles. The molecule has 3 aromatic rings. The summed E-state index contributed by atoms with van der Waals surface area (Å²) in [5.41, 5.74) is 5.98. The molecule has 164 valence electrons. The van der Waals surface area contributed by atoms with Gasteiger partial charge in [-0.3, -0.25) is 9.59 Å². The molecule has 7 nitrogen and oxygen atoms in total. The first kappa shape index (κ1) is 22.5. The first-order valence-electron chi connectivity index (χ1n) is 10.8. The Bertz CT molecular complexity index is 1040. The van der Waals surface area contributed by atoms with E-state index in [2.05, 4.69) is 9.97 Å². The summed E-state index contributed by atoms with van der Waals surface area (Å²) in [6, 6.07) is 16.1. The maximum Gasteiger partial charge on any atom is 0.261 e. The molecule has 1 aromatic heterocycles. The number of para-hydroxylation sites is 2. The minimum atomic E-state index is -0.390. The van der Waals surface area contributed by atoms with Crippen molar-refractivity contribution in [1.29, 1.82) is 0 Å². The number of hydrogen-bond acceptors (Lipinski definition) is 5. The van der Waals surface area contributed by atoms with Gasteiger partial charge in [0, 0.05) is 6.54 Å². The summed E-state index contributed by atoms with van der Waals surface area (Å²) in [7, 11) is 0. The summed E-state index contributed by atoms with van der Waals surface area (Å²) in [5.74, 6) is 0.966. The number of ether oxygens (including phenoxy) is 1. The largest absolute Gasteiger partial charge is 0.484 e. The molecule has 1 atom stereocenters. The Morgan fingerprint density at radius 3 is 2.55 bits per heavy atom. The Hall–Kier alpha value is -3.19. The van der Waals surface area contributed by atoms with Gasteiger partial charge >= 0.3 is 0 Å². The number of nitrogens with zero attached hydrogens (tertiary/aromatic N) is 2. The molecule has 7 heteroatoms. The van der Waals surface area contributed by atoms with E-state index in [1.807, 2.05) is 43.3 Å². The van der Waals surface area contributed by atoms with E-state index in [0.717, 1.165) is 25.7 Å². The van der Waals surface area contributed by atoms with Crippen LogP contribution < -0.4 is 16.0 Å². The van der Waals surface area contributed by atoms with Gasteiger partial charge in [0.1, 0.15) is 11.6 Å². The molecule has 2 aromatic carbocycles. The van der Waals surface area contributed by atoms with Gasteiger partial charge in [0.15, 0.2) is 6.61 Å². The van der Waals surface area contributed by atoms with Gasteiger partial charge < -0.3 is 20.4 Å². The lowest BCUT2D eigenvalue weighted by molar-refractivity contribution is -0.135. The van der Waals surface area contributed by atoms with E-state index in [9.17, 15) is 9.59 Å². The first-order chi connectivity index (χ1) is 15.1. The van der Waals surface area contributed by atoms with Crippen molar-refractivity contribution in [2.45, 2.75) is 38.6 Å². The summed E-state index contributed by atoms with van der Waals surface area (Å²) in [4.78, 5) is 34.8. The Kier molecular flexibility index (Phi) is 8.18. The number of nitrogens with one attached hydrogen (secondary N) is 1. The summed E-state index contributed by atoms with van der Waals surface area (Å²) < 4.78 is 5.67. The second kappa shape index (κ2) is 11.3. The van der Waals surface area contributed by atoms with Gasteiger partial charge in [-0.15, -0.1) is 0 Å². The van der Waals surface area contributed by atoms with E-state index in [1.54, 1.807) is 23.1 Å². The molecular weight excluding hydrogens is 392 g/mol. The van der Waals surface area contributed by atoms with Gasteiger partial charge in [0.25, 0.3) is 11.5 Å². The number of aromatic nitrogens is 2. The number of unbranched alkanes of at least 4 members (excludes halogenated alkanes) is 3. The summed E-state index contributed by atoms with van der Waals surface area (Å²) in [6.07, 6.45) is 3.83. The molecule has 1 heterocycles. The third-order valence-electron chi connectivity index (χ3n) is 5.27. The zero-order chi connectivity index (χ0) is 22.1. The van der Waals surface area contributed by atoms with E-state index >= 15 is 0 Å². The Balaban J connectivity index is 1.77. The lowest BCUT2D eigenvalue weighted by Crippen LogP contribution is -2.39. The number of carbonyl (C=O) groups excluding carboxylic acids is 1. The molecule has 0 bridgehead atoms. The van der Waals surface area contributed by atoms with Crippen LogP contribution >= 0.6 is 0 Å². The highest BCUT2D eigenvalue weighted by Crippen LogP contribution is 2.20. The molecule has 0 aliphatic rings. The number of nitrogens with two attached hydrogens (primary N) is 1. The molecule has 0 saturated carbocycles. The van der Waals surface area contributed by atoms with Crippen molar-refractivity contribution >= 4 is 16.8 Å². The van der Waals surface area contributed by atoms with E-state index in [4.69, 9.17) is 10.5 Å². The van der Waals surface area contributed by atoms with E-state index in [-0.39, 0.29) is 18.1 Å². The fraction of sp³-hybridized carbons (Fsp3) is 0.375. The standard InChI is InChI=1S/C24H30N4O3/c1-18(23-26-21-14-8-7-13-20(21)24(30)27-23)28(16-10-3-2-9-15-25)22(29)17-31-19-11-5-4-6-12-19/h4-8,11-14,18H,2-3,9-10,15-17,25H2,1H3,(H,26,27,30). The van der Waals surface area contributed by atoms with Crippen LogP contribution in [0.3, 0.4) is 0 Å². The van der Waals surface area contributed by atoms with Crippen molar-refractivity contribution in [2.75, 3.05) is 19.7 Å². The van der Waals surface area contributed by atoms with Crippen LogP contribution in [0.15, 0.2) is 59.4 Å². The molecule has 0 radical (unpaired) electrons. The predicted molar refractivity (Wildman–Crippen MR) is 122 cm³/mol. The fourth-order valence-corrected chi connectivity index (χ4v) is 3.51. The molecular formula is C24H30N4O3. The minimum absolute atomic E-state index is 0.0744. The van der Waals surface area contributed by atoms with E-state index in [1.165, 1.54) is 0 Å². The van der Waals surface area contributed by atoms with Crippen molar-refractivity contribution in [2.24, 2.45) is 5.73 Å². The smallest absolute Gasteiger partial charge is 0.261 e. The zero-order valence-corrected chi connectivity index (χ0v) is 17.9. The number of fused-ring (bicyclic) bond motifs is 1. The summed E-state index contributed by atoms with van der Waals surface area (Å²) >= 11 is 0. The van der Waals surface area contributed by atoms with Crippen LogP contribution in [-0.4, -0.2) is 40.5 Å². The second-order valence-electron chi connectivity index (χ2n) is 7.54. The van der Waals surface area contributed by atoms with Gasteiger partial charge in [0.2, 0.25) is 0 Å². The van der Waals surface area contributed by atoms with Crippen LogP contribution in [0.25, 0.3) is 10.9 Å². The lowest BCUT2D eigenvalue weighted by atomic mass is 10.1. The average Bonchev–Trinajstić information content (AvgIpc) is 2.80. The van der Waals surface area contributed by atoms with Gasteiger partial charge in [-0.05, 0) is 50.6 Å². The minimum Gasteiger partial charge on any atom is -0.484 e. The third kappa shape index (κ3) is 6.15. The maximum absolute atomic E-state index is 13.1. The number of benzene rings is 2. The van der Waals surface area contributed by atoms with Gasteiger partial charge in [-0.2, -0.15) is 0 Å². The third-order valence-corrected chi connectivity index (χ3v) is 5.27. The van der Waals surface area contributed by atoms with Gasteiger partial charge in [-0.25, -0.2) is 4.98 Å². The van der Waals surface area contributed by atoms with Crippen LogP contribution in [0.1, 0.15) is 44.5 Å². The number of aromatic amines is 1. The van der Waals surface area contributed by atoms with Crippen molar-refractivity contribution in [3.63, 3.8) is 0 Å². The zero-order valence-electron chi connectivity index (χ0n) is 17.9. The van der Waals surface area contributed by atoms with Crippen LogP contribution in [0, 0.1) is 0 Å². The molecule has 1 unspecified atom stereocenters. The Morgan fingerprint density at radius 1 is 1.06 bits per heavy atom. The van der Waals surface area contributed by atoms with Crippen molar-refractivity contribution in [3.05, 3.63) is 70.8 Å². The van der Waals surface area contributed by atoms with Crippen LogP contribution in [0.2, 0.25) is 0 Å². The van der Waals surface area contributed by atoms with Crippen molar-refractivity contribution in [3.8, 4) is 5.75 Å². The number of carbonyl (C=O) groups is 1. The molecule has 3 N–H and O–H groups in total. The molecule has 1 amide bonds. The van der Waals surface area contributed by atoms with Gasteiger partial charge in [-0.1, -0.05) is 43.2 Å². The summed E-state index contributed by atoms with van der Waals surface area (Å²) in [5, 5.41) is 0.533. The normalized spacial score (nSPS) is 11.9.